The predicted octanol–water partition coefficient (Wildman–Crippen LogP) is 2.98. The summed E-state index contributed by atoms with van der Waals surface area (Å²) >= 11 is 3.01. The van der Waals surface area contributed by atoms with Gasteiger partial charge in [0, 0.05) is 31.6 Å². The van der Waals surface area contributed by atoms with Gasteiger partial charge in [-0.25, -0.2) is 8.78 Å². The molecule has 112 valence electrons. The van der Waals surface area contributed by atoms with Gasteiger partial charge in [-0.3, -0.25) is 4.79 Å². The Bertz CT molecular complexity index is 467. The van der Waals surface area contributed by atoms with Crippen molar-refractivity contribution in [1.82, 2.24) is 10.6 Å². The molecule has 0 bridgehead atoms. The Kier molecular flexibility index (Phi) is 7.09. The summed E-state index contributed by atoms with van der Waals surface area (Å²) in [4.78, 5) is 11.4. The Hall–Kier alpha value is -1.01. The highest BCUT2D eigenvalue weighted by Crippen LogP contribution is 2.21. The first-order valence-electron chi connectivity index (χ1n) is 6.51. The lowest BCUT2D eigenvalue weighted by atomic mass is 10.2. The highest BCUT2D eigenvalue weighted by Gasteiger charge is 2.11. The van der Waals surface area contributed by atoms with Gasteiger partial charge in [0.1, 0.15) is 11.6 Å². The number of hydrogen-bond acceptors (Lipinski definition) is 2. The van der Waals surface area contributed by atoms with E-state index in [-0.39, 0.29) is 28.9 Å². The summed E-state index contributed by atoms with van der Waals surface area (Å²) in [5, 5.41) is 5.65. The molecule has 0 aliphatic heterocycles. The van der Waals surface area contributed by atoms with E-state index in [2.05, 4.69) is 26.6 Å². The van der Waals surface area contributed by atoms with Crippen LogP contribution in [0, 0.1) is 17.6 Å². The zero-order valence-electron chi connectivity index (χ0n) is 11.6. The van der Waals surface area contributed by atoms with Crippen molar-refractivity contribution < 1.29 is 13.6 Å². The molecule has 0 aliphatic carbocycles. The van der Waals surface area contributed by atoms with Crippen molar-refractivity contribution in [1.29, 1.82) is 0 Å². The average Bonchev–Trinajstić information content (AvgIpc) is 2.40. The number of halogens is 3. The summed E-state index contributed by atoms with van der Waals surface area (Å²) < 4.78 is 27.3. The molecule has 0 saturated carbocycles. The van der Waals surface area contributed by atoms with Crippen LogP contribution in [0.25, 0.3) is 0 Å². The average molecular weight is 349 g/mol. The van der Waals surface area contributed by atoms with Gasteiger partial charge in [0.15, 0.2) is 0 Å². The van der Waals surface area contributed by atoms with E-state index < -0.39 is 11.6 Å². The third kappa shape index (κ3) is 5.54. The molecular weight excluding hydrogens is 330 g/mol. The molecule has 0 unspecified atom stereocenters. The van der Waals surface area contributed by atoms with Gasteiger partial charge < -0.3 is 10.6 Å². The van der Waals surface area contributed by atoms with Gasteiger partial charge in [0.05, 0.1) is 4.47 Å². The second kappa shape index (κ2) is 8.32. The molecule has 0 atom stereocenters. The van der Waals surface area contributed by atoms with Crippen LogP contribution in [-0.4, -0.2) is 19.0 Å². The molecule has 0 aliphatic rings. The van der Waals surface area contributed by atoms with Crippen molar-refractivity contribution in [2.75, 3.05) is 13.1 Å². The molecule has 0 radical (unpaired) electrons. The number of hydrogen-bond donors (Lipinski definition) is 2. The molecule has 0 fully saturated rings. The quantitative estimate of drug-likeness (QED) is 0.587. The molecule has 3 nitrogen and oxygen atoms in total. The smallest absolute Gasteiger partial charge is 0.221 e. The fraction of sp³-hybridized carbons (Fsp3) is 0.500. The monoisotopic (exact) mass is 348 g/mol. The second-order valence-electron chi connectivity index (χ2n) is 4.95. The lowest BCUT2D eigenvalue weighted by Gasteiger charge is -2.09. The van der Waals surface area contributed by atoms with Crippen LogP contribution in [0.4, 0.5) is 8.78 Å². The van der Waals surface area contributed by atoms with Crippen molar-refractivity contribution in [2.45, 2.75) is 26.8 Å². The SMILES string of the molecule is CC(C)CNC(=O)CCNCc1c(F)ccc(Br)c1F. The normalized spacial score (nSPS) is 10.9. The van der Waals surface area contributed by atoms with Gasteiger partial charge in [-0.15, -0.1) is 0 Å². The molecule has 1 rings (SSSR count). The minimum atomic E-state index is -0.609. The van der Waals surface area contributed by atoms with Gasteiger partial charge >= 0.3 is 0 Å². The summed E-state index contributed by atoms with van der Waals surface area (Å²) in [6.07, 6.45) is 0.282. The van der Waals surface area contributed by atoms with E-state index in [0.29, 0.717) is 19.0 Å². The Balaban J connectivity index is 2.35. The molecule has 0 aromatic heterocycles. The molecule has 2 N–H and O–H groups in total. The standard InChI is InChI=1S/C14H19BrF2N2O/c1-9(2)7-19-13(20)5-6-18-8-10-12(16)4-3-11(15)14(10)17/h3-4,9,18H,5-8H2,1-2H3,(H,19,20). The van der Waals surface area contributed by atoms with Crippen LogP contribution in [0.15, 0.2) is 16.6 Å². The van der Waals surface area contributed by atoms with Crippen molar-refractivity contribution in [3.05, 3.63) is 33.8 Å². The maximum absolute atomic E-state index is 13.7. The molecule has 20 heavy (non-hydrogen) atoms. The van der Waals surface area contributed by atoms with E-state index in [9.17, 15) is 13.6 Å². The van der Waals surface area contributed by atoms with Crippen molar-refractivity contribution in [3.8, 4) is 0 Å². The molecule has 0 heterocycles. The number of amides is 1. The Morgan fingerprint density at radius 2 is 2.05 bits per heavy atom. The van der Waals surface area contributed by atoms with Gasteiger partial charge in [0.2, 0.25) is 5.91 Å². The number of benzene rings is 1. The van der Waals surface area contributed by atoms with Gasteiger partial charge in [0.25, 0.3) is 0 Å². The van der Waals surface area contributed by atoms with Crippen molar-refractivity contribution in [2.24, 2.45) is 5.92 Å². The second-order valence-corrected chi connectivity index (χ2v) is 5.80. The fourth-order valence-corrected chi connectivity index (χ4v) is 1.92. The van der Waals surface area contributed by atoms with Gasteiger partial charge in [-0.2, -0.15) is 0 Å². The van der Waals surface area contributed by atoms with Crippen LogP contribution in [-0.2, 0) is 11.3 Å². The predicted molar refractivity (Wildman–Crippen MR) is 78.2 cm³/mol. The van der Waals surface area contributed by atoms with Crippen LogP contribution in [0.1, 0.15) is 25.8 Å². The molecule has 1 aromatic carbocycles. The van der Waals surface area contributed by atoms with Crippen LogP contribution >= 0.6 is 15.9 Å². The van der Waals surface area contributed by atoms with Crippen molar-refractivity contribution >= 4 is 21.8 Å². The Morgan fingerprint density at radius 3 is 2.70 bits per heavy atom. The van der Waals surface area contributed by atoms with E-state index in [0.717, 1.165) is 0 Å². The summed E-state index contributed by atoms with van der Waals surface area (Å²) in [7, 11) is 0. The van der Waals surface area contributed by atoms with Crippen LogP contribution in [0.3, 0.4) is 0 Å². The first kappa shape index (κ1) is 17.0. The largest absolute Gasteiger partial charge is 0.356 e. The Labute approximate surface area is 126 Å². The zero-order valence-corrected chi connectivity index (χ0v) is 13.2. The molecule has 1 aromatic rings. The lowest BCUT2D eigenvalue weighted by Crippen LogP contribution is -2.30. The van der Waals surface area contributed by atoms with Crippen molar-refractivity contribution in [3.63, 3.8) is 0 Å². The number of carbonyl (C=O) groups is 1. The Morgan fingerprint density at radius 1 is 1.35 bits per heavy atom. The van der Waals surface area contributed by atoms with Crippen LogP contribution in [0.5, 0.6) is 0 Å². The third-order valence-electron chi connectivity index (χ3n) is 2.68. The van der Waals surface area contributed by atoms with Gasteiger partial charge in [-0.05, 0) is 34.0 Å². The number of nitrogens with one attached hydrogen (secondary N) is 2. The molecular formula is C14H19BrF2N2O. The van der Waals surface area contributed by atoms with Crippen LogP contribution in [0.2, 0.25) is 0 Å². The highest BCUT2D eigenvalue weighted by molar-refractivity contribution is 9.10. The minimum absolute atomic E-state index is 0.0260. The molecule has 0 spiro atoms. The highest BCUT2D eigenvalue weighted by atomic mass is 79.9. The first-order valence-corrected chi connectivity index (χ1v) is 7.31. The maximum Gasteiger partial charge on any atom is 0.221 e. The molecule has 1 amide bonds. The maximum atomic E-state index is 13.7. The number of carbonyl (C=O) groups excluding carboxylic acids is 1. The summed E-state index contributed by atoms with van der Waals surface area (Å²) in [6.45, 7) is 5.08. The summed E-state index contributed by atoms with van der Waals surface area (Å²) in [6, 6.07) is 2.53. The fourth-order valence-electron chi connectivity index (χ4n) is 1.55. The van der Waals surface area contributed by atoms with Crippen LogP contribution < -0.4 is 10.6 Å². The zero-order chi connectivity index (χ0) is 15.1. The summed E-state index contributed by atoms with van der Waals surface area (Å²) in [5.41, 5.74) is -0.0260. The third-order valence-corrected chi connectivity index (χ3v) is 3.29. The van der Waals surface area contributed by atoms with E-state index in [1.54, 1.807) is 0 Å². The van der Waals surface area contributed by atoms with E-state index in [1.807, 2.05) is 13.8 Å². The molecule has 6 heteroatoms. The molecule has 0 saturated heterocycles. The minimum Gasteiger partial charge on any atom is -0.356 e. The topological polar surface area (TPSA) is 41.1 Å². The first-order chi connectivity index (χ1) is 9.41. The lowest BCUT2D eigenvalue weighted by molar-refractivity contribution is -0.121. The van der Waals surface area contributed by atoms with E-state index in [1.165, 1.54) is 12.1 Å². The summed E-state index contributed by atoms with van der Waals surface area (Å²) in [5.74, 6) is -0.873. The van der Waals surface area contributed by atoms with Gasteiger partial charge in [-0.1, -0.05) is 13.8 Å². The van der Waals surface area contributed by atoms with E-state index in [4.69, 9.17) is 0 Å². The van der Waals surface area contributed by atoms with E-state index >= 15 is 0 Å². The number of rotatable bonds is 7.